The summed E-state index contributed by atoms with van der Waals surface area (Å²) in [6.07, 6.45) is 23.4. The molecule has 0 bridgehead atoms. The number of aliphatic hydroxyl groups is 2. The van der Waals surface area contributed by atoms with Gasteiger partial charge in [-0.05, 0) is 26.7 Å². The van der Waals surface area contributed by atoms with Crippen LogP contribution < -0.4 is 0 Å². The van der Waals surface area contributed by atoms with Crippen molar-refractivity contribution in [3.05, 3.63) is 71.9 Å². The fourth-order valence-electron chi connectivity index (χ4n) is 4.12. The van der Waals surface area contributed by atoms with Gasteiger partial charge in [-0.2, -0.15) is 0 Å². The topological polar surface area (TPSA) is 86.6 Å². The van der Waals surface area contributed by atoms with Crippen LogP contribution in [0.3, 0.4) is 0 Å². The first-order valence-corrected chi connectivity index (χ1v) is 14.3. The van der Waals surface area contributed by atoms with Gasteiger partial charge in [0, 0.05) is 11.1 Å². The van der Waals surface area contributed by atoms with Crippen molar-refractivity contribution in [3.63, 3.8) is 0 Å². The SMILES string of the molecule is C\C=C/C=C(\C=C\CCC)C1OCC(CO)(COCC2(CO)COC(C(/C=C\C=C\CCC)=C/C)OC2)CO1. The van der Waals surface area contributed by atoms with E-state index >= 15 is 0 Å². The normalized spacial score (nSPS) is 29.5. The van der Waals surface area contributed by atoms with E-state index in [9.17, 15) is 10.2 Å². The van der Waals surface area contributed by atoms with Gasteiger partial charge in [-0.1, -0.05) is 87.4 Å². The summed E-state index contributed by atoms with van der Waals surface area (Å²) in [6, 6.07) is 0. The number of hydrogen-bond acceptors (Lipinski definition) is 7. The lowest BCUT2D eigenvalue weighted by molar-refractivity contribution is -0.248. The van der Waals surface area contributed by atoms with Gasteiger partial charge in [-0.25, -0.2) is 0 Å². The van der Waals surface area contributed by atoms with Gasteiger partial charge in [0.1, 0.15) is 0 Å². The third kappa shape index (κ3) is 10.9. The number of rotatable bonds is 16. The number of hydrogen-bond donors (Lipinski definition) is 2. The average molecular weight is 547 g/mol. The lowest BCUT2D eigenvalue weighted by atomic mass is 9.89. The molecule has 2 fully saturated rings. The smallest absolute Gasteiger partial charge is 0.183 e. The molecule has 0 atom stereocenters. The molecule has 0 spiro atoms. The molecule has 0 aliphatic carbocycles. The summed E-state index contributed by atoms with van der Waals surface area (Å²) in [5.41, 5.74) is 0.509. The molecule has 39 heavy (non-hydrogen) atoms. The Morgan fingerprint density at radius 2 is 1.28 bits per heavy atom. The van der Waals surface area contributed by atoms with Crippen LogP contribution in [0.15, 0.2) is 71.9 Å². The fraction of sp³-hybridized carbons (Fsp3) is 0.625. The van der Waals surface area contributed by atoms with E-state index < -0.39 is 23.4 Å². The van der Waals surface area contributed by atoms with E-state index in [1.807, 2.05) is 62.5 Å². The van der Waals surface area contributed by atoms with Gasteiger partial charge in [0.15, 0.2) is 12.6 Å². The van der Waals surface area contributed by atoms with E-state index in [-0.39, 0.29) is 26.4 Å². The summed E-state index contributed by atoms with van der Waals surface area (Å²) >= 11 is 0. The Hall–Kier alpha value is -1.84. The monoisotopic (exact) mass is 546 g/mol. The van der Waals surface area contributed by atoms with Crippen LogP contribution in [0.25, 0.3) is 0 Å². The summed E-state index contributed by atoms with van der Waals surface area (Å²) in [4.78, 5) is 0. The summed E-state index contributed by atoms with van der Waals surface area (Å²) in [5, 5.41) is 20.4. The van der Waals surface area contributed by atoms with E-state index in [0.29, 0.717) is 26.4 Å². The van der Waals surface area contributed by atoms with Crippen molar-refractivity contribution < 1.29 is 33.9 Å². The second-order valence-corrected chi connectivity index (χ2v) is 10.5. The summed E-state index contributed by atoms with van der Waals surface area (Å²) < 4.78 is 30.1. The first-order valence-electron chi connectivity index (χ1n) is 14.3. The highest BCUT2D eigenvalue weighted by atomic mass is 16.7. The molecule has 0 aromatic rings. The molecule has 0 unspecified atom stereocenters. The highest BCUT2D eigenvalue weighted by Crippen LogP contribution is 2.31. The Kier molecular flexibility index (Phi) is 15.8. The van der Waals surface area contributed by atoms with E-state index in [0.717, 1.165) is 36.8 Å². The Morgan fingerprint density at radius 1 is 0.744 bits per heavy atom. The second kappa shape index (κ2) is 18.5. The molecule has 7 nitrogen and oxygen atoms in total. The Balaban J connectivity index is 1.89. The van der Waals surface area contributed by atoms with Crippen molar-refractivity contribution in [2.45, 2.75) is 66.0 Å². The van der Waals surface area contributed by atoms with Crippen molar-refractivity contribution >= 4 is 0 Å². The Bertz CT molecular complexity index is 852. The number of aliphatic hydroxyl groups excluding tert-OH is 2. The first-order chi connectivity index (χ1) is 19.0. The van der Waals surface area contributed by atoms with E-state index in [1.165, 1.54) is 0 Å². The van der Waals surface area contributed by atoms with Crippen LogP contribution in [-0.4, -0.2) is 75.6 Å². The maximum absolute atomic E-state index is 10.2. The van der Waals surface area contributed by atoms with Crippen LogP contribution in [0.4, 0.5) is 0 Å². The van der Waals surface area contributed by atoms with Crippen molar-refractivity contribution in [2.75, 3.05) is 52.9 Å². The van der Waals surface area contributed by atoms with Crippen LogP contribution >= 0.6 is 0 Å². The lowest BCUT2D eigenvalue weighted by Gasteiger charge is -2.41. The summed E-state index contributed by atoms with van der Waals surface area (Å²) in [5.74, 6) is 0. The zero-order valence-corrected chi connectivity index (χ0v) is 24.3. The molecule has 7 heteroatoms. The van der Waals surface area contributed by atoms with Crippen LogP contribution in [0.5, 0.6) is 0 Å². The zero-order valence-electron chi connectivity index (χ0n) is 24.3. The number of allylic oxidation sites excluding steroid dienone is 8. The van der Waals surface area contributed by atoms with Crippen LogP contribution in [-0.2, 0) is 23.7 Å². The highest BCUT2D eigenvalue weighted by molar-refractivity contribution is 5.26. The fourth-order valence-corrected chi connectivity index (χ4v) is 4.12. The van der Waals surface area contributed by atoms with Gasteiger partial charge < -0.3 is 33.9 Å². The lowest BCUT2D eigenvalue weighted by Crippen LogP contribution is -2.50. The van der Waals surface area contributed by atoms with Crippen molar-refractivity contribution in [1.82, 2.24) is 0 Å². The predicted molar refractivity (Wildman–Crippen MR) is 155 cm³/mol. The van der Waals surface area contributed by atoms with E-state index in [1.54, 1.807) is 0 Å². The molecule has 0 aromatic heterocycles. The van der Waals surface area contributed by atoms with Gasteiger partial charge in [0.05, 0.1) is 63.7 Å². The molecule has 2 heterocycles. The molecular weight excluding hydrogens is 496 g/mol. The maximum Gasteiger partial charge on any atom is 0.183 e. The first kappa shape index (κ1) is 33.4. The maximum atomic E-state index is 10.2. The molecule has 220 valence electrons. The van der Waals surface area contributed by atoms with Crippen molar-refractivity contribution in [3.8, 4) is 0 Å². The zero-order chi connectivity index (χ0) is 28.4. The third-order valence-electron chi connectivity index (χ3n) is 6.77. The van der Waals surface area contributed by atoms with Crippen molar-refractivity contribution in [1.29, 1.82) is 0 Å². The van der Waals surface area contributed by atoms with Gasteiger partial charge in [-0.3, -0.25) is 0 Å². The number of unbranched alkanes of at least 4 members (excludes halogenated alkanes) is 2. The molecule has 2 N–H and O–H groups in total. The predicted octanol–water partition coefficient (Wildman–Crippen LogP) is 5.42. The molecule has 2 aliphatic rings. The summed E-state index contributed by atoms with van der Waals surface area (Å²) in [6.45, 7) is 9.59. The summed E-state index contributed by atoms with van der Waals surface area (Å²) in [7, 11) is 0. The molecule has 0 saturated carbocycles. The van der Waals surface area contributed by atoms with E-state index in [2.05, 4.69) is 26.0 Å². The molecule has 0 amide bonds. The molecule has 2 saturated heterocycles. The Labute approximate surface area is 235 Å². The van der Waals surface area contributed by atoms with Crippen LogP contribution in [0.1, 0.15) is 53.4 Å². The van der Waals surface area contributed by atoms with Gasteiger partial charge >= 0.3 is 0 Å². The van der Waals surface area contributed by atoms with Gasteiger partial charge in [0.25, 0.3) is 0 Å². The number of ether oxygens (including phenoxy) is 5. The van der Waals surface area contributed by atoms with E-state index in [4.69, 9.17) is 23.7 Å². The third-order valence-corrected chi connectivity index (χ3v) is 6.77. The van der Waals surface area contributed by atoms with Crippen molar-refractivity contribution in [2.24, 2.45) is 10.8 Å². The quantitative estimate of drug-likeness (QED) is 0.250. The van der Waals surface area contributed by atoms with Crippen LogP contribution in [0.2, 0.25) is 0 Å². The Morgan fingerprint density at radius 3 is 1.77 bits per heavy atom. The van der Waals surface area contributed by atoms with Crippen LogP contribution in [0, 0.1) is 10.8 Å². The minimum absolute atomic E-state index is 0.134. The minimum Gasteiger partial charge on any atom is -0.396 e. The molecule has 0 aromatic carbocycles. The molecule has 2 rings (SSSR count). The minimum atomic E-state index is -0.681. The highest BCUT2D eigenvalue weighted by Gasteiger charge is 2.41. The standard InChI is InChI=1S/C32H50O7/c1-5-9-12-13-15-17-27(8-4)29-36-23-31(19-33,24-37-29)21-35-22-32(20-34)25-38-30(39-26-32)28(16-11-7-3)18-14-10-6-2/h7-8,11-18,29-30,33-34H,5-6,9-10,19-26H2,1-4H3/b11-7-,13-12+,17-15-,18-14+,27-8+,28-16+. The average Bonchev–Trinajstić information content (AvgIpc) is 2.98. The molecular formula is C32H50O7. The van der Waals surface area contributed by atoms with Gasteiger partial charge in [-0.15, -0.1) is 0 Å². The molecule has 0 radical (unpaired) electrons. The largest absolute Gasteiger partial charge is 0.396 e. The molecule has 2 aliphatic heterocycles. The van der Waals surface area contributed by atoms with Gasteiger partial charge in [0.2, 0.25) is 0 Å². The second-order valence-electron chi connectivity index (χ2n) is 10.5.